The Kier molecular flexibility index (Phi) is 10.7. The average Bonchev–Trinajstić information content (AvgIpc) is 2.29. The van der Waals surface area contributed by atoms with Crippen molar-refractivity contribution in [3.63, 3.8) is 0 Å². The zero-order valence-corrected chi connectivity index (χ0v) is 12.3. The van der Waals surface area contributed by atoms with Gasteiger partial charge in [0, 0.05) is 0 Å². The van der Waals surface area contributed by atoms with Crippen molar-refractivity contribution in [1.29, 1.82) is 0 Å². The van der Waals surface area contributed by atoms with Crippen LogP contribution in [-0.2, 0) is 9.53 Å². The zero-order valence-electron chi connectivity index (χ0n) is 11.5. The fourth-order valence-electron chi connectivity index (χ4n) is 1.82. The van der Waals surface area contributed by atoms with Crippen molar-refractivity contribution in [1.82, 2.24) is 0 Å². The molecular formula is C14H27ClO2. The highest BCUT2D eigenvalue weighted by Crippen LogP contribution is 2.15. The molecule has 0 amide bonds. The lowest BCUT2D eigenvalue weighted by atomic mass is 10.1. The van der Waals surface area contributed by atoms with Gasteiger partial charge < -0.3 is 4.74 Å². The monoisotopic (exact) mass is 262 g/mol. The van der Waals surface area contributed by atoms with Gasteiger partial charge in [-0.25, -0.2) is 0 Å². The second kappa shape index (κ2) is 10.9. The van der Waals surface area contributed by atoms with Crippen LogP contribution in [0.4, 0.5) is 0 Å². The molecule has 102 valence electrons. The van der Waals surface area contributed by atoms with E-state index in [0.717, 1.165) is 32.1 Å². The van der Waals surface area contributed by atoms with Crippen LogP contribution in [0, 0.1) is 0 Å². The molecule has 0 aliphatic rings. The molecule has 0 heterocycles. The first-order chi connectivity index (χ1) is 8.15. The highest BCUT2D eigenvalue weighted by molar-refractivity contribution is 6.29. The van der Waals surface area contributed by atoms with E-state index in [1.807, 2.05) is 6.92 Å². The molecule has 0 N–H and O–H groups in total. The molecule has 0 aromatic heterocycles. The minimum absolute atomic E-state index is 0.0668. The fourth-order valence-corrected chi connectivity index (χ4v) is 2.09. The van der Waals surface area contributed by atoms with Crippen molar-refractivity contribution in [2.45, 2.75) is 83.6 Å². The lowest BCUT2D eigenvalue weighted by Gasteiger charge is -2.19. The maximum atomic E-state index is 11.7. The summed E-state index contributed by atoms with van der Waals surface area (Å²) >= 11 is 5.96. The first-order valence-corrected chi connectivity index (χ1v) is 7.43. The molecule has 0 aliphatic heterocycles. The Labute approximate surface area is 111 Å². The molecule has 0 saturated heterocycles. The molecule has 0 rings (SSSR count). The third-order valence-corrected chi connectivity index (χ3v) is 3.22. The topological polar surface area (TPSA) is 26.3 Å². The third kappa shape index (κ3) is 8.48. The maximum Gasteiger partial charge on any atom is 0.324 e. The van der Waals surface area contributed by atoms with Crippen LogP contribution < -0.4 is 0 Å². The number of halogens is 1. The van der Waals surface area contributed by atoms with Crippen molar-refractivity contribution < 1.29 is 9.53 Å². The number of alkyl halides is 1. The van der Waals surface area contributed by atoms with Gasteiger partial charge in [0.15, 0.2) is 0 Å². The molecule has 0 spiro atoms. The van der Waals surface area contributed by atoms with Crippen LogP contribution in [0.15, 0.2) is 0 Å². The molecule has 0 bridgehead atoms. The molecule has 2 unspecified atom stereocenters. The summed E-state index contributed by atoms with van der Waals surface area (Å²) in [6.07, 6.45) is 8.19. The first kappa shape index (κ1) is 16.8. The van der Waals surface area contributed by atoms with Crippen molar-refractivity contribution in [2.75, 3.05) is 0 Å². The van der Waals surface area contributed by atoms with Crippen LogP contribution in [0.5, 0.6) is 0 Å². The van der Waals surface area contributed by atoms with Crippen LogP contribution in [0.3, 0.4) is 0 Å². The van der Waals surface area contributed by atoms with Crippen LogP contribution in [0.2, 0.25) is 0 Å². The zero-order chi connectivity index (χ0) is 13.1. The molecule has 0 saturated carbocycles. The van der Waals surface area contributed by atoms with Crippen molar-refractivity contribution >= 4 is 17.6 Å². The van der Waals surface area contributed by atoms with E-state index >= 15 is 0 Å². The van der Waals surface area contributed by atoms with E-state index in [1.165, 1.54) is 12.8 Å². The van der Waals surface area contributed by atoms with Gasteiger partial charge in [0.05, 0.1) is 0 Å². The van der Waals surface area contributed by atoms with Crippen LogP contribution in [-0.4, -0.2) is 17.5 Å². The predicted octanol–water partition coefficient (Wildman–Crippen LogP) is 4.69. The number of carbonyl (C=O) groups excluding carboxylic acids is 1. The van der Waals surface area contributed by atoms with Crippen molar-refractivity contribution in [3.8, 4) is 0 Å². The number of hydrogen-bond acceptors (Lipinski definition) is 2. The SMILES string of the molecule is CCCCCC(CCC)OC(=O)C(Cl)CCC. The number of rotatable bonds is 10. The summed E-state index contributed by atoms with van der Waals surface area (Å²) in [5.41, 5.74) is 0. The third-order valence-electron chi connectivity index (χ3n) is 2.82. The lowest BCUT2D eigenvalue weighted by molar-refractivity contribution is -0.149. The Balaban J connectivity index is 3.99. The van der Waals surface area contributed by atoms with E-state index in [-0.39, 0.29) is 12.1 Å². The minimum atomic E-state index is -0.467. The number of unbranched alkanes of at least 4 members (excludes halogenated alkanes) is 2. The van der Waals surface area contributed by atoms with Crippen LogP contribution >= 0.6 is 11.6 Å². The number of hydrogen-bond donors (Lipinski definition) is 0. The summed E-state index contributed by atoms with van der Waals surface area (Å²) in [5, 5.41) is -0.467. The largest absolute Gasteiger partial charge is 0.461 e. The van der Waals surface area contributed by atoms with Gasteiger partial charge in [-0.1, -0.05) is 46.5 Å². The van der Waals surface area contributed by atoms with Gasteiger partial charge >= 0.3 is 5.97 Å². The van der Waals surface area contributed by atoms with E-state index in [1.54, 1.807) is 0 Å². The molecule has 2 nitrogen and oxygen atoms in total. The number of carbonyl (C=O) groups is 1. The summed E-state index contributed by atoms with van der Waals surface area (Å²) in [4.78, 5) is 11.7. The predicted molar refractivity (Wildman–Crippen MR) is 73.5 cm³/mol. The Hall–Kier alpha value is -0.240. The van der Waals surface area contributed by atoms with Crippen LogP contribution in [0.25, 0.3) is 0 Å². The van der Waals surface area contributed by atoms with Gasteiger partial charge in [-0.2, -0.15) is 0 Å². The van der Waals surface area contributed by atoms with E-state index in [4.69, 9.17) is 16.3 Å². The van der Waals surface area contributed by atoms with E-state index in [9.17, 15) is 4.79 Å². The van der Waals surface area contributed by atoms with E-state index in [0.29, 0.717) is 6.42 Å². The molecule has 0 aliphatic carbocycles. The van der Waals surface area contributed by atoms with E-state index in [2.05, 4.69) is 13.8 Å². The molecule has 3 heteroatoms. The Morgan fingerprint density at radius 1 is 1.00 bits per heavy atom. The van der Waals surface area contributed by atoms with Gasteiger partial charge in [-0.15, -0.1) is 11.6 Å². The van der Waals surface area contributed by atoms with Gasteiger partial charge in [0.1, 0.15) is 11.5 Å². The number of ether oxygens (including phenoxy) is 1. The summed E-state index contributed by atoms with van der Waals surface area (Å²) in [7, 11) is 0. The maximum absolute atomic E-state index is 11.7. The Morgan fingerprint density at radius 3 is 2.18 bits per heavy atom. The molecular weight excluding hydrogens is 236 g/mol. The standard InChI is InChI=1S/C14H27ClO2/c1-4-7-8-11-12(9-5-2)17-14(16)13(15)10-6-3/h12-13H,4-11H2,1-3H3. The van der Waals surface area contributed by atoms with Gasteiger partial charge in [0.25, 0.3) is 0 Å². The molecule has 0 radical (unpaired) electrons. The molecule has 0 fully saturated rings. The van der Waals surface area contributed by atoms with Crippen molar-refractivity contribution in [2.24, 2.45) is 0 Å². The van der Waals surface area contributed by atoms with E-state index < -0.39 is 5.38 Å². The van der Waals surface area contributed by atoms with Crippen LogP contribution in [0.1, 0.15) is 72.1 Å². The van der Waals surface area contributed by atoms with Gasteiger partial charge in [-0.05, 0) is 25.7 Å². The lowest BCUT2D eigenvalue weighted by Crippen LogP contribution is -2.24. The first-order valence-electron chi connectivity index (χ1n) is 7.00. The summed E-state index contributed by atoms with van der Waals surface area (Å²) < 4.78 is 5.48. The molecule has 0 aromatic rings. The summed E-state index contributed by atoms with van der Waals surface area (Å²) in [6.45, 7) is 6.31. The Bertz CT molecular complexity index is 195. The normalized spacial score (nSPS) is 14.4. The molecule has 17 heavy (non-hydrogen) atoms. The highest BCUT2D eigenvalue weighted by Gasteiger charge is 2.20. The van der Waals surface area contributed by atoms with Gasteiger partial charge in [-0.3, -0.25) is 4.79 Å². The summed E-state index contributed by atoms with van der Waals surface area (Å²) in [5.74, 6) is -0.233. The fraction of sp³-hybridized carbons (Fsp3) is 0.929. The smallest absolute Gasteiger partial charge is 0.324 e. The van der Waals surface area contributed by atoms with Crippen molar-refractivity contribution in [3.05, 3.63) is 0 Å². The Morgan fingerprint density at radius 2 is 1.65 bits per heavy atom. The average molecular weight is 263 g/mol. The second-order valence-electron chi connectivity index (χ2n) is 4.60. The minimum Gasteiger partial charge on any atom is -0.461 e. The molecule has 0 aromatic carbocycles. The number of esters is 1. The van der Waals surface area contributed by atoms with Gasteiger partial charge in [0.2, 0.25) is 0 Å². The summed E-state index contributed by atoms with van der Waals surface area (Å²) in [6, 6.07) is 0. The quantitative estimate of drug-likeness (QED) is 0.324. The molecule has 2 atom stereocenters. The second-order valence-corrected chi connectivity index (χ2v) is 5.13. The highest BCUT2D eigenvalue weighted by atomic mass is 35.5.